The predicted octanol–water partition coefficient (Wildman–Crippen LogP) is 7.97. The highest BCUT2D eigenvalue weighted by atomic mass is 16.5. The van der Waals surface area contributed by atoms with Crippen LogP contribution in [0.3, 0.4) is 0 Å². The Morgan fingerprint density at radius 1 is 0.857 bits per heavy atom. The molecule has 1 aliphatic rings. The van der Waals surface area contributed by atoms with E-state index in [1.807, 2.05) is 6.07 Å². The third-order valence-electron chi connectivity index (χ3n) is 5.23. The minimum atomic E-state index is 0.203. The van der Waals surface area contributed by atoms with Crippen LogP contribution in [0.1, 0.15) is 95.6 Å². The zero-order valence-corrected chi connectivity index (χ0v) is 17.8. The van der Waals surface area contributed by atoms with Crippen molar-refractivity contribution >= 4 is 5.90 Å². The SMILES string of the molecule is CCCCC/C=C\C/C=C\CCCCCCCC1=N[C@@H](c2ccccc2)CO1. The first-order chi connectivity index (χ1) is 13.9. The standard InChI is InChI=1S/C26H39NO/c1-2-3-4-5-6-7-8-9-10-11-12-13-14-15-19-22-26-27-25(23-28-26)24-20-17-16-18-21-24/h6-7,9-10,16-18,20-21,25H,2-5,8,11-15,19,22-23H2,1H3/b7-6-,10-9-/t25-/m1/s1. The molecule has 0 spiro atoms. The number of allylic oxidation sites excluding steroid dienone is 4. The van der Waals surface area contributed by atoms with E-state index in [9.17, 15) is 0 Å². The van der Waals surface area contributed by atoms with Crippen LogP contribution in [0.15, 0.2) is 59.6 Å². The molecule has 0 aromatic heterocycles. The van der Waals surface area contributed by atoms with Gasteiger partial charge in [0.15, 0.2) is 5.90 Å². The number of benzene rings is 1. The number of hydrogen-bond donors (Lipinski definition) is 0. The number of hydrogen-bond acceptors (Lipinski definition) is 2. The summed E-state index contributed by atoms with van der Waals surface area (Å²) in [6.07, 6.45) is 24.3. The van der Waals surface area contributed by atoms with Crippen molar-refractivity contribution in [1.82, 2.24) is 0 Å². The van der Waals surface area contributed by atoms with E-state index in [0.29, 0.717) is 6.61 Å². The van der Waals surface area contributed by atoms with Gasteiger partial charge in [-0.05, 0) is 44.1 Å². The van der Waals surface area contributed by atoms with E-state index in [4.69, 9.17) is 9.73 Å². The zero-order valence-electron chi connectivity index (χ0n) is 17.8. The molecule has 154 valence electrons. The molecule has 0 aliphatic carbocycles. The van der Waals surface area contributed by atoms with Gasteiger partial charge in [-0.1, -0.05) is 93.7 Å². The Bertz CT molecular complexity index is 588. The molecule has 0 fully saturated rings. The molecule has 0 unspecified atom stereocenters. The molecule has 1 heterocycles. The molecule has 0 radical (unpaired) electrons. The summed E-state index contributed by atoms with van der Waals surface area (Å²) in [6.45, 7) is 2.96. The summed E-state index contributed by atoms with van der Waals surface area (Å²) >= 11 is 0. The van der Waals surface area contributed by atoms with Crippen molar-refractivity contribution < 1.29 is 4.74 Å². The van der Waals surface area contributed by atoms with Gasteiger partial charge in [-0.2, -0.15) is 0 Å². The van der Waals surface area contributed by atoms with Crippen molar-refractivity contribution in [3.05, 3.63) is 60.2 Å². The summed E-state index contributed by atoms with van der Waals surface area (Å²) in [6, 6.07) is 10.7. The van der Waals surface area contributed by atoms with Crippen LogP contribution in [0.2, 0.25) is 0 Å². The molecule has 0 amide bonds. The van der Waals surface area contributed by atoms with Crippen molar-refractivity contribution in [3.63, 3.8) is 0 Å². The monoisotopic (exact) mass is 381 g/mol. The molecule has 2 nitrogen and oxygen atoms in total. The third-order valence-corrected chi connectivity index (χ3v) is 5.23. The van der Waals surface area contributed by atoms with Gasteiger partial charge in [0.1, 0.15) is 12.6 Å². The number of ether oxygens (including phenoxy) is 1. The molecule has 2 rings (SSSR count). The Balaban J connectivity index is 1.41. The van der Waals surface area contributed by atoms with E-state index in [1.54, 1.807) is 0 Å². The van der Waals surface area contributed by atoms with Crippen LogP contribution in [0.25, 0.3) is 0 Å². The fraction of sp³-hybridized carbons (Fsp3) is 0.577. The Kier molecular flexibility index (Phi) is 12.1. The van der Waals surface area contributed by atoms with Crippen molar-refractivity contribution in [3.8, 4) is 0 Å². The predicted molar refractivity (Wildman–Crippen MR) is 122 cm³/mol. The minimum Gasteiger partial charge on any atom is -0.478 e. The van der Waals surface area contributed by atoms with Gasteiger partial charge in [-0.25, -0.2) is 4.99 Å². The van der Waals surface area contributed by atoms with Crippen molar-refractivity contribution in [1.29, 1.82) is 0 Å². The van der Waals surface area contributed by atoms with Crippen LogP contribution in [0.4, 0.5) is 0 Å². The van der Waals surface area contributed by atoms with Crippen LogP contribution >= 0.6 is 0 Å². The van der Waals surface area contributed by atoms with Gasteiger partial charge in [0.25, 0.3) is 0 Å². The fourth-order valence-electron chi connectivity index (χ4n) is 3.49. The summed E-state index contributed by atoms with van der Waals surface area (Å²) in [5.41, 5.74) is 1.26. The number of rotatable bonds is 15. The van der Waals surface area contributed by atoms with E-state index < -0.39 is 0 Å². The quantitative estimate of drug-likeness (QED) is 0.223. The normalized spacial score (nSPS) is 16.8. The Hall–Kier alpha value is -1.83. The van der Waals surface area contributed by atoms with Gasteiger partial charge < -0.3 is 4.74 Å². The molecule has 0 saturated carbocycles. The molecule has 2 heteroatoms. The topological polar surface area (TPSA) is 21.6 Å². The highest BCUT2D eigenvalue weighted by Crippen LogP contribution is 2.24. The average molecular weight is 382 g/mol. The molecule has 1 aromatic rings. The van der Waals surface area contributed by atoms with Crippen LogP contribution in [0.5, 0.6) is 0 Å². The fourth-order valence-corrected chi connectivity index (χ4v) is 3.49. The van der Waals surface area contributed by atoms with E-state index in [2.05, 4.69) is 55.5 Å². The maximum absolute atomic E-state index is 5.77. The smallest absolute Gasteiger partial charge is 0.184 e. The Labute approximate surface area is 172 Å². The molecular formula is C26H39NO. The van der Waals surface area contributed by atoms with Crippen molar-refractivity contribution in [2.45, 2.75) is 90.0 Å². The minimum absolute atomic E-state index is 0.203. The lowest BCUT2D eigenvalue weighted by Crippen LogP contribution is -1.99. The molecule has 0 N–H and O–H groups in total. The molecule has 1 atom stereocenters. The summed E-state index contributed by atoms with van der Waals surface area (Å²) in [5.74, 6) is 0.958. The van der Waals surface area contributed by atoms with Gasteiger partial charge in [0.05, 0.1) is 0 Å². The molecule has 28 heavy (non-hydrogen) atoms. The van der Waals surface area contributed by atoms with Crippen LogP contribution in [0, 0.1) is 0 Å². The largest absolute Gasteiger partial charge is 0.478 e. The van der Waals surface area contributed by atoms with Crippen LogP contribution in [-0.4, -0.2) is 12.5 Å². The second-order valence-electron chi connectivity index (χ2n) is 7.74. The van der Waals surface area contributed by atoms with Gasteiger partial charge in [-0.3, -0.25) is 0 Å². The summed E-state index contributed by atoms with van der Waals surface area (Å²) in [4.78, 5) is 4.74. The van der Waals surface area contributed by atoms with Gasteiger partial charge in [0.2, 0.25) is 0 Å². The van der Waals surface area contributed by atoms with Crippen LogP contribution in [-0.2, 0) is 4.74 Å². The number of unbranched alkanes of at least 4 members (excludes halogenated alkanes) is 8. The molecular weight excluding hydrogens is 342 g/mol. The second-order valence-corrected chi connectivity index (χ2v) is 7.74. The van der Waals surface area contributed by atoms with Gasteiger partial charge in [-0.15, -0.1) is 0 Å². The summed E-state index contributed by atoms with van der Waals surface area (Å²) < 4.78 is 5.77. The lowest BCUT2D eigenvalue weighted by molar-refractivity contribution is 0.310. The van der Waals surface area contributed by atoms with E-state index in [1.165, 1.54) is 69.8 Å². The van der Waals surface area contributed by atoms with Crippen LogP contribution < -0.4 is 0 Å². The summed E-state index contributed by atoms with van der Waals surface area (Å²) in [5, 5.41) is 0. The lowest BCUT2D eigenvalue weighted by Gasteiger charge is -2.03. The van der Waals surface area contributed by atoms with Gasteiger partial charge in [0, 0.05) is 6.42 Å². The lowest BCUT2D eigenvalue weighted by atomic mass is 10.1. The highest BCUT2D eigenvalue weighted by Gasteiger charge is 2.19. The Morgan fingerprint density at radius 3 is 2.29 bits per heavy atom. The summed E-state index contributed by atoms with van der Waals surface area (Å²) in [7, 11) is 0. The highest BCUT2D eigenvalue weighted by molar-refractivity contribution is 5.77. The second kappa shape index (κ2) is 15.1. The van der Waals surface area contributed by atoms with Gasteiger partial charge >= 0.3 is 0 Å². The maximum Gasteiger partial charge on any atom is 0.184 e. The third kappa shape index (κ3) is 9.92. The molecule has 0 saturated heterocycles. The first-order valence-corrected chi connectivity index (χ1v) is 11.4. The van der Waals surface area contributed by atoms with E-state index in [0.717, 1.165) is 18.7 Å². The maximum atomic E-state index is 5.77. The molecule has 1 aromatic carbocycles. The molecule has 1 aliphatic heterocycles. The number of aliphatic imine (C=N–C) groups is 1. The van der Waals surface area contributed by atoms with E-state index in [-0.39, 0.29) is 6.04 Å². The Morgan fingerprint density at radius 2 is 1.54 bits per heavy atom. The first kappa shape index (κ1) is 22.5. The zero-order chi connectivity index (χ0) is 19.7. The molecule has 0 bridgehead atoms. The number of nitrogens with zero attached hydrogens (tertiary/aromatic N) is 1. The van der Waals surface area contributed by atoms with E-state index >= 15 is 0 Å². The first-order valence-electron chi connectivity index (χ1n) is 11.4. The van der Waals surface area contributed by atoms with Crippen molar-refractivity contribution in [2.24, 2.45) is 4.99 Å². The average Bonchev–Trinajstić information content (AvgIpc) is 3.20. The van der Waals surface area contributed by atoms with Crippen molar-refractivity contribution in [2.75, 3.05) is 6.61 Å².